The van der Waals surface area contributed by atoms with E-state index in [2.05, 4.69) is 95.4 Å². The molecule has 0 radical (unpaired) electrons. The fraction of sp³-hybridized carbons (Fsp3) is 0.286. The highest BCUT2D eigenvalue weighted by atomic mass is 14.9. The van der Waals surface area contributed by atoms with Crippen LogP contribution in [0.3, 0.4) is 0 Å². The van der Waals surface area contributed by atoms with E-state index in [1.807, 2.05) is 0 Å². The minimum atomic E-state index is 0.830. The molecule has 0 heterocycles. The fourth-order valence-electron chi connectivity index (χ4n) is 4.82. The SMILES string of the molecule is CC1=C(C)C(C)=C(c2ccc3ccccc3c2CNc2c(C)cc(C)cc2C)C1. The molecule has 0 fully saturated rings. The molecule has 1 aliphatic carbocycles. The van der Waals surface area contributed by atoms with Crippen LogP contribution in [-0.4, -0.2) is 0 Å². The Balaban J connectivity index is 1.81. The second-order valence-electron chi connectivity index (χ2n) is 8.63. The van der Waals surface area contributed by atoms with Gasteiger partial charge in [-0.3, -0.25) is 0 Å². The highest BCUT2D eigenvalue weighted by Gasteiger charge is 2.20. The molecule has 0 saturated heterocycles. The summed E-state index contributed by atoms with van der Waals surface area (Å²) in [7, 11) is 0. The van der Waals surface area contributed by atoms with E-state index in [9.17, 15) is 0 Å². The lowest BCUT2D eigenvalue weighted by Gasteiger charge is -2.19. The third-order valence-electron chi connectivity index (χ3n) is 6.58. The molecule has 148 valence electrons. The molecule has 0 saturated carbocycles. The smallest absolute Gasteiger partial charge is 0.0413 e. The summed E-state index contributed by atoms with van der Waals surface area (Å²) in [6.07, 6.45) is 1.06. The van der Waals surface area contributed by atoms with Gasteiger partial charge in [0.2, 0.25) is 0 Å². The highest BCUT2D eigenvalue weighted by Crippen LogP contribution is 2.40. The van der Waals surface area contributed by atoms with Gasteiger partial charge in [-0.15, -0.1) is 0 Å². The average Bonchev–Trinajstić information content (AvgIpc) is 2.94. The summed E-state index contributed by atoms with van der Waals surface area (Å²) in [6.45, 7) is 14.2. The predicted octanol–water partition coefficient (Wildman–Crippen LogP) is 7.89. The summed E-state index contributed by atoms with van der Waals surface area (Å²) < 4.78 is 0. The van der Waals surface area contributed by atoms with Gasteiger partial charge in [0.1, 0.15) is 0 Å². The van der Waals surface area contributed by atoms with Crippen molar-refractivity contribution in [3.63, 3.8) is 0 Å². The fourth-order valence-corrected chi connectivity index (χ4v) is 4.82. The minimum absolute atomic E-state index is 0.830. The van der Waals surface area contributed by atoms with E-state index in [1.54, 1.807) is 0 Å². The molecule has 0 atom stereocenters. The lowest BCUT2D eigenvalue weighted by Crippen LogP contribution is -2.07. The van der Waals surface area contributed by atoms with E-state index in [4.69, 9.17) is 0 Å². The van der Waals surface area contributed by atoms with Crippen LogP contribution < -0.4 is 5.32 Å². The summed E-state index contributed by atoms with van der Waals surface area (Å²) in [5, 5.41) is 6.44. The van der Waals surface area contributed by atoms with Crippen molar-refractivity contribution in [2.45, 2.75) is 54.5 Å². The molecule has 0 spiro atoms. The Labute approximate surface area is 175 Å². The molecule has 3 aromatic carbocycles. The number of allylic oxidation sites excluding steroid dienone is 4. The molecule has 29 heavy (non-hydrogen) atoms. The summed E-state index contributed by atoms with van der Waals surface area (Å²) in [4.78, 5) is 0. The van der Waals surface area contributed by atoms with Gasteiger partial charge < -0.3 is 5.32 Å². The topological polar surface area (TPSA) is 12.0 Å². The third kappa shape index (κ3) is 3.51. The maximum Gasteiger partial charge on any atom is 0.0413 e. The first kappa shape index (κ1) is 19.5. The Morgan fingerprint density at radius 1 is 0.793 bits per heavy atom. The molecule has 3 aromatic rings. The number of benzene rings is 3. The van der Waals surface area contributed by atoms with Crippen LogP contribution in [0.15, 0.2) is 65.3 Å². The Bertz CT molecular complexity index is 1150. The lowest BCUT2D eigenvalue weighted by molar-refractivity contribution is 1.12. The third-order valence-corrected chi connectivity index (χ3v) is 6.58. The Kier molecular flexibility index (Phi) is 5.08. The van der Waals surface area contributed by atoms with Gasteiger partial charge in [-0.05, 0) is 97.7 Å². The normalized spacial score (nSPS) is 14.3. The number of hydrogen-bond donors (Lipinski definition) is 1. The first-order valence-electron chi connectivity index (χ1n) is 10.6. The van der Waals surface area contributed by atoms with Gasteiger partial charge in [0.05, 0.1) is 0 Å². The molecule has 1 nitrogen and oxygen atoms in total. The van der Waals surface area contributed by atoms with Gasteiger partial charge in [0, 0.05) is 12.2 Å². The van der Waals surface area contributed by atoms with Crippen LogP contribution in [0.4, 0.5) is 5.69 Å². The highest BCUT2D eigenvalue weighted by molar-refractivity contribution is 5.92. The summed E-state index contributed by atoms with van der Waals surface area (Å²) in [6, 6.07) is 17.9. The molecule has 4 rings (SSSR count). The summed E-state index contributed by atoms with van der Waals surface area (Å²) in [5.74, 6) is 0. The van der Waals surface area contributed by atoms with Gasteiger partial charge >= 0.3 is 0 Å². The van der Waals surface area contributed by atoms with Gasteiger partial charge in [-0.2, -0.15) is 0 Å². The van der Waals surface area contributed by atoms with Crippen molar-refractivity contribution in [3.8, 4) is 0 Å². The van der Waals surface area contributed by atoms with Crippen LogP contribution in [0, 0.1) is 20.8 Å². The molecule has 0 bridgehead atoms. The minimum Gasteiger partial charge on any atom is -0.380 e. The zero-order valence-corrected chi connectivity index (χ0v) is 18.5. The molecule has 1 aliphatic rings. The second kappa shape index (κ2) is 7.55. The molecule has 0 aliphatic heterocycles. The van der Waals surface area contributed by atoms with Gasteiger partial charge in [0.25, 0.3) is 0 Å². The first-order valence-corrected chi connectivity index (χ1v) is 10.6. The van der Waals surface area contributed by atoms with Gasteiger partial charge in [-0.25, -0.2) is 0 Å². The first-order chi connectivity index (χ1) is 13.9. The van der Waals surface area contributed by atoms with Crippen LogP contribution in [0.2, 0.25) is 0 Å². The quantitative estimate of drug-likeness (QED) is 0.484. The maximum absolute atomic E-state index is 3.78. The number of aryl methyl sites for hydroxylation is 3. The van der Waals surface area contributed by atoms with Crippen molar-refractivity contribution < 1.29 is 0 Å². The van der Waals surface area contributed by atoms with Gasteiger partial charge in [0.15, 0.2) is 0 Å². The Hall–Kier alpha value is -2.80. The van der Waals surface area contributed by atoms with E-state index in [1.165, 1.54) is 66.6 Å². The number of hydrogen-bond acceptors (Lipinski definition) is 1. The van der Waals surface area contributed by atoms with E-state index >= 15 is 0 Å². The Morgan fingerprint density at radius 2 is 1.48 bits per heavy atom. The van der Waals surface area contributed by atoms with Crippen molar-refractivity contribution in [1.29, 1.82) is 0 Å². The summed E-state index contributed by atoms with van der Waals surface area (Å²) in [5.41, 5.74) is 13.9. The molecule has 0 aromatic heterocycles. The van der Waals surface area contributed by atoms with Gasteiger partial charge in [-0.1, -0.05) is 59.7 Å². The maximum atomic E-state index is 3.78. The van der Waals surface area contributed by atoms with Crippen LogP contribution in [0.5, 0.6) is 0 Å². The van der Waals surface area contributed by atoms with Crippen molar-refractivity contribution >= 4 is 22.0 Å². The van der Waals surface area contributed by atoms with Crippen molar-refractivity contribution in [2.24, 2.45) is 0 Å². The molecular formula is C28H31N. The van der Waals surface area contributed by atoms with Crippen molar-refractivity contribution in [1.82, 2.24) is 0 Å². The second-order valence-corrected chi connectivity index (χ2v) is 8.63. The predicted molar refractivity (Wildman–Crippen MR) is 128 cm³/mol. The van der Waals surface area contributed by atoms with Crippen LogP contribution in [0.1, 0.15) is 55.0 Å². The van der Waals surface area contributed by atoms with Crippen LogP contribution in [-0.2, 0) is 6.54 Å². The molecular weight excluding hydrogens is 350 g/mol. The lowest BCUT2D eigenvalue weighted by atomic mass is 9.91. The number of anilines is 1. The average molecular weight is 382 g/mol. The molecule has 0 unspecified atom stereocenters. The van der Waals surface area contributed by atoms with Crippen LogP contribution in [0.25, 0.3) is 16.3 Å². The molecule has 1 N–H and O–H groups in total. The zero-order valence-electron chi connectivity index (χ0n) is 18.5. The van der Waals surface area contributed by atoms with E-state index in [0.717, 1.165) is 13.0 Å². The number of rotatable bonds is 4. The molecule has 1 heteroatoms. The van der Waals surface area contributed by atoms with E-state index < -0.39 is 0 Å². The van der Waals surface area contributed by atoms with Crippen molar-refractivity contribution in [2.75, 3.05) is 5.32 Å². The number of nitrogens with one attached hydrogen (secondary N) is 1. The number of fused-ring (bicyclic) bond motifs is 1. The standard InChI is InChI=1S/C28H31N/c1-17-13-19(3)28(20(4)14-17)29-16-27-24-10-8-7-9-23(24)11-12-25(27)26-15-18(2)21(5)22(26)6/h7-14,29H,15-16H2,1-6H3. The monoisotopic (exact) mass is 381 g/mol. The largest absolute Gasteiger partial charge is 0.380 e. The van der Waals surface area contributed by atoms with E-state index in [0.29, 0.717) is 0 Å². The molecule has 0 amide bonds. The zero-order chi connectivity index (χ0) is 20.7. The summed E-state index contributed by atoms with van der Waals surface area (Å²) >= 11 is 0. The van der Waals surface area contributed by atoms with E-state index in [-0.39, 0.29) is 0 Å². The van der Waals surface area contributed by atoms with Crippen LogP contribution >= 0.6 is 0 Å². The Morgan fingerprint density at radius 3 is 2.14 bits per heavy atom. The van der Waals surface area contributed by atoms with Crippen molar-refractivity contribution in [3.05, 3.63) is 93.1 Å².